The van der Waals surface area contributed by atoms with Crippen molar-refractivity contribution in [3.05, 3.63) is 40.9 Å². The number of aliphatic carboxylic acids is 1. The smallest absolute Gasteiger partial charge is 0.419 e. The molecular weight excluding hydrogens is 252 g/mol. The van der Waals surface area contributed by atoms with Crippen LogP contribution >= 0.6 is 0 Å². The second kappa shape index (κ2) is 4.81. The van der Waals surface area contributed by atoms with Gasteiger partial charge in [-0.15, -0.1) is 0 Å². The Labute approximate surface area is 106 Å². The summed E-state index contributed by atoms with van der Waals surface area (Å²) in [6.07, 6.45) is 1.64. The topological polar surface area (TPSA) is 102 Å². The van der Waals surface area contributed by atoms with E-state index in [1.807, 2.05) is 0 Å². The molecule has 1 heterocycles. The van der Waals surface area contributed by atoms with E-state index in [0.29, 0.717) is 16.8 Å². The highest BCUT2D eigenvalue weighted by atomic mass is 16.4. The Morgan fingerprint density at radius 1 is 1.37 bits per heavy atom. The average molecular weight is 262 g/mol. The van der Waals surface area contributed by atoms with Crippen LogP contribution in [0.4, 0.5) is 5.69 Å². The number of carboxylic acid groups (broad SMARTS) is 1. The Balaban J connectivity index is 2.27. The van der Waals surface area contributed by atoms with Crippen molar-refractivity contribution < 1.29 is 19.1 Å². The molecular formula is C12H10N2O5. The fourth-order valence-electron chi connectivity index (χ4n) is 1.54. The molecule has 2 N–H and O–H groups in total. The van der Waals surface area contributed by atoms with E-state index in [2.05, 4.69) is 5.32 Å². The molecule has 0 atom stereocenters. The number of fused-ring (bicyclic) bond motifs is 1. The molecule has 7 nitrogen and oxygen atoms in total. The Morgan fingerprint density at radius 2 is 2.11 bits per heavy atom. The summed E-state index contributed by atoms with van der Waals surface area (Å²) in [5.74, 6) is -2.28. The third kappa shape index (κ3) is 2.71. The van der Waals surface area contributed by atoms with Crippen molar-refractivity contribution in [1.82, 2.24) is 4.57 Å². The van der Waals surface area contributed by atoms with Gasteiger partial charge in [-0.05, 0) is 18.2 Å². The third-order valence-electron chi connectivity index (χ3n) is 2.44. The van der Waals surface area contributed by atoms with E-state index < -0.39 is 17.6 Å². The van der Waals surface area contributed by atoms with E-state index in [9.17, 15) is 14.4 Å². The Morgan fingerprint density at radius 3 is 2.79 bits per heavy atom. The molecule has 2 rings (SSSR count). The van der Waals surface area contributed by atoms with Gasteiger partial charge < -0.3 is 14.8 Å². The van der Waals surface area contributed by atoms with Gasteiger partial charge in [0.25, 0.3) is 0 Å². The van der Waals surface area contributed by atoms with Gasteiger partial charge in [0.1, 0.15) is 0 Å². The van der Waals surface area contributed by atoms with Crippen LogP contribution in [-0.2, 0) is 16.6 Å². The molecule has 0 unspecified atom stereocenters. The van der Waals surface area contributed by atoms with Crippen molar-refractivity contribution in [2.24, 2.45) is 7.05 Å². The average Bonchev–Trinajstić information content (AvgIpc) is 2.63. The van der Waals surface area contributed by atoms with Crippen molar-refractivity contribution in [1.29, 1.82) is 0 Å². The molecule has 2 aromatic rings. The molecule has 7 heteroatoms. The maximum Gasteiger partial charge on any atom is 0.419 e. The highest BCUT2D eigenvalue weighted by molar-refractivity contribution is 6.02. The fourth-order valence-corrected chi connectivity index (χ4v) is 1.54. The van der Waals surface area contributed by atoms with Gasteiger partial charge in [-0.2, -0.15) is 0 Å². The van der Waals surface area contributed by atoms with E-state index in [4.69, 9.17) is 9.52 Å². The molecule has 1 amide bonds. The number of nitrogens with one attached hydrogen (secondary N) is 1. The van der Waals surface area contributed by atoms with E-state index in [0.717, 1.165) is 12.2 Å². The molecule has 98 valence electrons. The number of hydrogen-bond donors (Lipinski definition) is 2. The van der Waals surface area contributed by atoms with Gasteiger partial charge in [0.2, 0.25) is 5.91 Å². The van der Waals surface area contributed by atoms with Crippen molar-refractivity contribution in [2.75, 3.05) is 5.32 Å². The zero-order valence-electron chi connectivity index (χ0n) is 9.91. The van der Waals surface area contributed by atoms with Crippen LogP contribution in [0.5, 0.6) is 0 Å². The molecule has 0 saturated carbocycles. The van der Waals surface area contributed by atoms with Crippen LogP contribution in [0, 0.1) is 0 Å². The van der Waals surface area contributed by atoms with Crippen molar-refractivity contribution >= 4 is 28.7 Å². The quantitative estimate of drug-likeness (QED) is 0.793. The van der Waals surface area contributed by atoms with Gasteiger partial charge >= 0.3 is 11.7 Å². The lowest BCUT2D eigenvalue weighted by Gasteiger charge is -2.01. The third-order valence-corrected chi connectivity index (χ3v) is 2.44. The first-order chi connectivity index (χ1) is 8.97. The second-order valence-corrected chi connectivity index (χ2v) is 3.77. The molecule has 0 bridgehead atoms. The molecule has 19 heavy (non-hydrogen) atoms. The van der Waals surface area contributed by atoms with Gasteiger partial charge in [0.15, 0.2) is 5.58 Å². The van der Waals surface area contributed by atoms with E-state index in [1.54, 1.807) is 25.2 Å². The van der Waals surface area contributed by atoms with Crippen LogP contribution in [-0.4, -0.2) is 21.6 Å². The first-order valence-corrected chi connectivity index (χ1v) is 5.29. The van der Waals surface area contributed by atoms with E-state index >= 15 is 0 Å². The number of oxazole rings is 1. The summed E-state index contributed by atoms with van der Waals surface area (Å²) in [4.78, 5) is 32.9. The highest BCUT2D eigenvalue weighted by Crippen LogP contribution is 2.17. The van der Waals surface area contributed by atoms with E-state index in [1.165, 1.54) is 4.57 Å². The maximum atomic E-state index is 11.4. The SMILES string of the molecule is Cn1c(=O)oc2ccc(NC(=O)/C=C/C(=O)O)cc21. The standard InChI is InChI=1S/C12H10N2O5/c1-14-8-6-7(2-3-9(8)19-12(14)18)13-10(15)4-5-11(16)17/h2-6H,1H3,(H,13,15)(H,16,17)/b5-4+. The maximum absolute atomic E-state index is 11.4. The number of amides is 1. The van der Waals surface area contributed by atoms with Crippen LogP contribution in [0.15, 0.2) is 39.6 Å². The summed E-state index contributed by atoms with van der Waals surface area (Å²) in [5.41, 5.74) is 1.38. The number of benzene rings is 1. The second-order valence-electron chi connectivity index (χ2n) is 3.77. The summed E-state index contributed by atoms with van der Waals surface area (Å²) in [6, 6.07) is 4.66. The monoisotopic (exact) mass is 262 g/mol. The van der Waals surface area contributed by atoms with Gasteiger partial charge in [0, 0.05) is 24.9 Å². The van der Waals surface area contributed by atoms with Crippen LogP contribution in [0.1, 0.15) is 0 Å². The lowest BCUT2D eigenvalue weighted by molar-refractivity contribution is -0.131. The van der Waals surface area contributed by atoms with Crippen molar-refractivity contribution in [3.8, 4) is 0 Å². The van der Waals surface area contributed by atoms with Gasteiger partial charge in [-0.1, -0.05) is 0 Å². The van der Waals surface area contributed by atoms with Gasteiger partial charge in [0.05, 0.1) is 5.52 Å². The predicted molar refractivity (Wildman–Crippen MR) is 66.9 cm³/mol. The van der Waals surface area contributed by atoms with Crippen LogP contribution in [0.25, 0.3) is 11.1 Å². The molecule has 1 aromatic heterocycles. The molecule has 0 fully saturated rings. The molecule has 0 spiro atoms. The Kier molecular flexibility index (Phi) is 3.19. The summed E-state index contributed by atoms with van der Waals surface area (Å²) in [5, 5.41) is 10.9. The van der Waals surface area contributed by atoms with Crippen LogP contribution in [0.2, 0.25) is 0 Å². The van der Waals surface area contributed by atoms with Gasteiger partial charge in [-0.3, -0.25) is 9.36 Å². The Bertz CT molecular complexity index is 738. The summed E-state index contributed by atoms with van der Waals surface area (Å²) >= 11 is 0. The number of carbonyl (C=O) groups excluding carboxylic acids is 1. The molecule has 0 radical (unpaired) electrons. The Hall–Kier alpha value is -2.83. The summed E-state index contributed by atoms with van der Waals surface area (Å²) in [7, 11) is 1.55. The predicted octanol–water partition coefficient (Wildman–Crippen LogP) is 0.711. The van der Waals surface area contributed by atoms with Gasteiger partial charge in [-0.25, -0.2) is 9.59 Å². The molecule has 0 saturated heterocycles. The summed E-state index contributed by atoms with van der Waals surface area (Å²) < 4.78 is 6.24. The zero-order chi connectivity index (χ0) is 14.0. The normalized spacial score (nSPS) is 11.0. The minimum absolute atomic E-state index is 0.409. The number of hydrogen-bond acceptors (Lipinski definition) is 4. The fraction of sp³-hybridized carbons (Fsp3) is 0.0833. The lowest BCUT2D eigenvalue weighted by Crippen LogP contribution is -2.10. The van der Waals surface area contributed by atoms with Crippen molar-refractivity contribution in [3.63, 3.8) is 0 Å². The number of carboxylic acids is 1. The summed E-state index contributed by atoms with van der Waals surface area (Å²) in [6.45, 7) is 0. The number of carbonyl (C=O) groups is 2. The largest absolute Gasteiger partial charge is 0.478 e. The van der Waals surface area contributed by atoms with Crippen LogP contribution in [0.3, 0.4) is 0 Å². The van der Waals surface area contributed by atoms with Crippen LogP contribution < -0.4 is 11.1 Å². The lowest BCUT2D eigenvalue weighted by atomic mass is 10.3. The molecule has 0 aliphatic rings. The zero-order valence-corrected chi connectivity index (χ0v) is 9.91. The minimum Gasteiger partial charge on any atom is -0.478 e. The molecule has 0 aliphatic heterocycles. The first-order valence-electron chi connectivity index (χ1n) is 5.29. The number of aryl methyl sites for hydroxylation is 1. The first kappa shape index (κ1) is 12.6. The minimum atomic E-state index is -1.21. The number of nitrogens with zero attached hydrogens (tertiary/aromatic N) is 1. The highest BCUT2D eigenvalue weighted by Gasteiger charge is 2.07. The van der Waals surface area contributed by atoms with Crippen molar-refractivity contribution in [2.45, 2.75) is 0 Å². The number of anilines is 1. The molecule has 0 aliphatic carbocycles. The number of aromatic nitrogens is 1. The molecule has 1 aromatic carbocycles. The number of rotatable bonds is 3. The van der Waals surface area contributed by atoms with E-state index in [-0.39, 0.29) is 0 Å².